The van der Waals surface area contributed by atoms with Gasteiger partial charge in [-0.15, -0.1) is 0 Å². The molecule has 3 aromatic rings. The van der Waals surface area contributed by atoms with E-state index in [2.05, 4.69) is 16.5 Å². The van der Waals surface area contributed by atoms with Crippen molar-refractivity contribution in [2.24, 2.45) is 0 Å². The van der Waals surface area contributed by atoms with Gasteiger partial charge in [0.25, 0.3) is 5.56 Å². The molecule has 0 radical (unpaired) electrons. The summed E-state index contributed by atoms with van der Waals surface area (Å²) in [5.41, 5.74) is 4.39. The minimum atomic E-state index is -0.766. The molecule has 0 bridgehead atoms. The standard InChI is InChI=1S/C24H23N3O4/c1-15(24(29)25-19-7-5-16-3-2-4-17(16)13-19)27-23(28)10-8-20(26-27)18-6-9-21-22(14-18)31-12-11-30-21/h5-10,13-15H,2-4,11-12H2,1H3,(H,25,29). The Labute approximate surface area is 179 Å². The van der Waals surface area contributed by atoms with Crippen molar-refractivity contribution < 1.29 is 14.3 Å². The number of hydrogen-bond donors (Lipinski definition) is 1. The van der Waals surface area contributed by atoms with Crippen molar-refractivity contribution >= 4 is 11.6 Å². The Hall–Kier alpha value is -3.61. The SMILES string of the molecule is CC(C(=O)Nc1ccc2c(c1)CCC2)n1nc(-c2ccc3c(c2)OCCO3)ccc1=O. The Bertz CT molecular complexity index is 1220. The first-order valence-electron chi connectivity index (χ1n) is 10.5. The molecule has 7 nitrogen and oxygen atoms in total. The van der Waals surface area contributed by atoms with Crippen LogP contribution in [0.2, 0.25) is 0 Å². The summed E-state index contributed by atoms with van der Waals surface area (Å²) < 4.78 is 12.4. The van der Waals surface area contributed by atoms with E-state index in [4.69, 9.17) is 9.47 Å². The number of amides is 1. The molecule has 1 aromatic heterocycles. The molecule has 0 saturated carbocycles. The van der Waals surface area contributed by atoms with Gasteiger partial charge in [0.15, 0.2) is 11.5 Å². The number of carbonyl (C=O) groups is 1. The normalized spacial score (nSPS) is 15.3. The van der Waals surface area contributed by atoms with E-state index in [1.807, 2.05) is 30.3 Å². The van der Waals surface area contributed by atoms with Crippen molar-refractivity contribution in [1.82, 2.24) is 9.78 Å². The van der Waals surface area contributed by atoms with Crippen molar-refractivity contribution in [3.63, 3.8) is 0 Å². The third kappa shape index (κ3) is 3.79. The van der Waals surface area contributed by atoms with Crippen molar-refractivity contribution in [3.8, 4) is 22.8 Å². The lowest BCUT2D eigenvalue weighted by molar-refractivity contribution is -0.119. The molecule has 1 unspecified atom stereocenters. The van der Waals surface area contributed by atoms with E-state index in [1.165, 1.54) is 21.9 Å². The quantitative estimate of drug-likeness (QED) is 0.704. The number of ether oxygens (including phenoxy) is 2. The Morgan fingerprint density at radius 3 is 2.68 bits per heavy atom. The molecule has 1 N–H and O–H groups in total. The van der Waals surface area contributed by atoms with Crippen molar-refractivity contribution in [2.75, 3.05) is 18.5 Å². The molecule has 0 saturated heterocycles. The van der Waals surface area contributed by atoms with Gasteiger partial charge >= 0.3 is 0 Å². The maximum Gasteiger partial charge on any atom is 0.267 e. The first-order chi connectivity index (χ1) is 15.1. The highest BCUT2D eigenvalue weighted by Gasteiger charge is 2.20. The summed E-state index contributed by atoms with van der Waals surface area (Å²) in [5, 5.41) is 7.38. The number of carbonyl (C=O) groups excluding carboxylic acids is 1. The summed E-state index contributed by atoms with van der Waals surface area (Å²) in [5.74, 6) is 1.04. The Morgan fingerprint density at radius 2 is 1.81 bits per heavy atom. The number of hydrogen-bond acceptors (Lipinski definition) is 5. The van der Waals surface area contributed by atoms with Crippen molar-refractivity contribution in [3.05, 3.63) is 70.0 Å². The fourth-order valence-corrected chi connectivity index (χ4v) is 4.07. The second kappa shape index (κ2) is 7.91. The maximum atomic E-state index is 12.9. The van der Waals surface area contributed by atoms with Crippen LogP contribution in [0.25, 0.3) is 11.3 Å². The van der Waals surface area contributed by atoms with Crippen LogP contribution in [-0.4, -0.2) is 28.9 Å². The predicted molar refractivity (Wildman–Crippen MR) is 117 cm³/mol. The van der Waals surface area contributed by atoms with Gasteiger partial charge < -0.3 is 14.8 Å². The second-order valence-corrected chi connectivity index (χ2v) is 7.86. The predicted octanol–water partition coefficient (Wildman–Crippen LogP) is 3.37. The molecule has 1 atom stereocenters. The number of nitrogens with zero attached hydrogens (tertiary/aromatic N) is 2. The van der Waals surface area contributed by atoms with Crippen LogP contribution in [0.1, 0.15) is 30.5 Å². The lowest BCUT2D eigenvalue weighted by atomic mass is 10.1. The molecule has 31 heavy (non-hydrogen) atoms. The first kappa shape index (κ1) is 19.4. The number of aromatic nitrogens is 2. The summed E-state index contributed by atoms with van der Waals surface area (Å²) in [6, 6.07) is 13.8. The largest absolute Gasteiger partial charge is 0.486 e. The van der Waals surface area contributed by atoms with E-state index in [9.17, 15) is 9.59 Å². The zero-order valence-corrected chi connectivity index (χ0v) is 17.3. The number of rotatable bonds is 4. The third-order valence-corrected chi connectivity index (χ3v) is 5.78. The lowest BCUT2D eigenvalue weighted by Crippen LogP contribution is -2.33. The average Bonchev–Trinajstić information content (AvgIpc) is 3.26. The smallest absolute Gasteiger partial charge is 0.267 e. The lowest BCUT2D eigenvalue weighted by Gasteiger charge is -2.19. The Balaban J connectivity index is 1.39. The zero-order chi connectivity index (χ0) is 21.4. The van der Waals surface area contributed by atoms with Crippen LogP contribution < -0.4 is 20.3 Å². The molecule has 0 spiro atoms. The first-order valence-corrected chi connectivity index (χ1v) is 10.5. The highest BCUT2D eigenvalue weighted by Crippen LogP contribution is 2.33. The summed E-state index contributed by atoms with van der Waals surface area (Å²) in [4.78, 5) is 25.3. The minimum Gasteiger partial charge on any atom is -0.486 e. The molecule has 1 aliphatic heterocycles. The van der Waals surface area contributed by atoms with E-state index in [1.54, 1.807) is 13.0 Å². The molecule has 7 heteroatoms. The molecule has 5 rings (SSSR count). The number of nitrogens with one attached hydrogen (secondary N) is 1. The number of fused-ring (bicyclic) bond motifs is 2. The van der Waals surface area contributed by atoms with Gasteiger partial charge in [-0.1, -0.05) is 6.07 Å². The van der Waals surface area contributed by atoms with Crippen LogP contribution in [0.5, 0.6) is 11.5 Å². The number of benzene rings is 2. The molecule has 1 aliphatic carbocycles. The van der Waals surface area contributed by atoms with E-state index >= 15 is 0 Å². The fourth-order valence-electron chi connectivity index (χ4n) is 4.07. The van der Waals surface area contributed by atoms with Crippen LogP contribution in [0.3, 0.4) is 0 Å². The summed E-state index contributed by atoms with van der Waals surface area (Å²) in [6.07, 6.45) is 3.27. The zero-order valence-electron chi connectivity index (χ0n) is 17.3. The molecule has 0 fully saturated rings. The van der Waals surface area contributed by atoms with E-state index in [0.717, 1.165) is 30.5 Å². The highest BCUT2D eigenvalue weighted by atomic mass is 16.6. The molecular weight excluding hydrogens is 394 g/mol. The molecule has 2 aliphatic rings. The van der Waals surface area contributed by atoms with E-state index in [-0.39, 0.29) is 11.5 Å². The van der Waals surface area contributed by atoms with Gasteiger partial charge in [0.2, 0.25) is 5.91 Å². The minimum absolute atomic E-state index is 0.285. The Morgan fingerprint density at radius 1 is 1.00 bits per heavy atom. The van der Waals surface area contributed by atoms with Gasteiger partial charge in [0.05, 0.1) is 5.69 Å². The second-order valence-electron chi connectivity index (χ2n) is 7.86. The summed E-state index contributed by atoms with van der Waals surface area (Å²) >= 11 is 0. The number of aryl methyl sites for hydroxylation is 2. The highest BCUT2D eigenvalue weighted by molar-refractivity contribution is 5.93. The molecule has 2 heterocycles. The van der Waals surface area contributed by atoms with E-state index < -0.39 is 6.04 Å². The fraction of sp³-hybridized carbons (Fsp3) is 0.292. The molecule has 2 aromatic carbocycles. The monoisotopic (exact) mass is 417 g/mol. The maximum absolute atomic E-state index is 12.9. The van der Waals surface area contributed by atoms with Gasteiger partial charge in [-0.3, -0.25) is 9.59 Å². The summed E-state index contributed by atoms with van der Waals surface area (Å²) in [7, 11) is 0. The number of anilines is 1. The van der Waals surface area contributed by atoms with E-state index in [0.29, 0.717) is 30.4 Å². The van der Waals surface area contributed by atoms with Gasteiger partial charge in [0.1, 0.15) is 19.3 Å². The van der Waals surface area contributed by atoms with Gasteiger partial charge in [-0.25, -0.2) is 4.68 Å². The van der Waals surface area contributed by atoms with Crippen LogP contribution in [-0.2, 0) is 17.6 Å². The molecular formula is C24H23N3O4. The third-order valence-electron chi connectivity index (χ3n) is 5.78. The van der Waals surface area contributed by atoms with Crippen LogP contribution in [0.15, 0.2) is 53.3 Å². The van der Waals surface area contributed by atoms with Crippen LogP contribution >= 0.6 is 0 Å². The van der Waals surface area contributed by atoms with Crippen LogP contribution in [0.4, 0.5) is 5.69 Å². The van der Waals surface area contributed by atoms with Gasteiger partial charge in [0, 0.05) is 17.3 Å². The molecule has 158 valence electrons. The van der Waals surface area contributed by atoms with Gasteiger partial charge in [-0.05, 0) is 73.7 Å². The average molecular weight is 417 g/mol. The molecule has 1 amide bonds. The Kier molecular flexibility index (Phi) is 4.94. The van der Waals surface area contributed by atoms with Gasteiger partial charge in [-0.2, -0.15) is 5.10 Å². The van der Waals surface area contributed by atoms with Crippen LogP contribution in [0, 0.1) is 0 Å². The van der Waals surface area contributed by atoms with Crippen molar-refractivity contribution in [2.45, 2.75) is 32.2 Å². The van der Waals surface area contributed by atoms with Crippen molar-refractivity contribution in [1.29, 1.82) is 0 Å². The topological polar surface area (TPSA) is 82.5 Å². The summed E-state index contributed by atoms with van der Waals surface area (Å²) in [6.45, 7) is 2.68.